The van der Waals surface area contributed by atoms with Crippen molar-refractivity contribution in [3.63, 3.8) is 0 Å². The summed E-state index contributed by atoms with van der Waals surface area (Å²) >= 11 is 0. The van der Waals surface area contributed by atoms with Crippen molar-refractivity contribution in [1.29, 1.82) is 0 Å². The molecule has 0 spiro atoms. The maximum Gasteiger partial charge on any atom is 0.0803 e. The lowest BCUT2D eigenvalue weighted by atomic mass is 9.88. The van der Waals surface area contributed by atoms with E-state index in [1.54, 1.807) is 0 Å². The summed E-state index contributed by atoms with van der Waals surface area (Å²) in [7, 11) is 0. The van der Waals surface area contributed by atoms with E-state index in [2.05, 4.69) is 63.3 Å². The van der Waals surface area contributed by atoms with E-state index in [1.165, 1.54) is 12.0 Å². The molecule has 0 heterocycles. The van der Waals surface area contributed by atoms with E-state index in [9.17, 15) is 0 Å². The highest BCUT2D eigenvalue weighted by molar-refractivity contribution is 5.14. The second kappa shape index (κ2) is 9.15. The van der Waals surface area contributed by atoms with Crippen molar-refractivity contribution in [3.8, 4) is 0 Å². The van der Waals surface area contributed by atoms with Crippen LogP contribution in [0.5, 0.6) is 0 Å². The summed E-state index contributed by atoms with van der Waals surface area (Å²) in [5.74, 6) is 0. The molecule has 1 N–H and O–H groups in total. The van der Waals surface area contributed by atoms with Crippen LogP contribution in [0.1, 0.15) is 52.5 Å². The van der Waals surface area contributed by atoms with E-state index in [-0.39, 0.29) is 5.60 Å². The minimum Gasteiger partial charge on any atom is -0.374 e. The van der Waals surface area contributed by atoms with E-state index in [4.69, 9.17) is 4.74 Å². The fourth-order valence-electron chi connectivity index (χ4n) is 2.80. The molecule has 0 saturated carbocycles. The zero-order valence-electron chi connectivity index (χ0n) is 13.6. The molecule has 0 fully saturated rings. The van der Waals surface area contributed by atoms with Gasteiger partial charge in [-0.25, -0.2) is 0 Å². The van der Waals surface area contributed by atoms with Gasteiger partial charge in [-0.3, -0.25) is 0 Å². The minimum atomic E-state index is -0.0541. The fourth-order valence-corrected chi connectivity index (χ4v) is 2.80. The van der Waals surface area contributed by atoms with E-state index in [0.717, 1.165) is 32.4 Å². The van der Waals surface area contributed by atoms with Crippen molar-refractivity contribution < 1.29 is 4.74 Å². The Morgan fingerprint density at radius 1 is 1.15 bits per heavy atom. The number of likely N-dealkylation sites (N-methyl/N-ethyl adjacent to an activating group) is 1. The molecule has 0 aromatic heterocycles. The van der Waals surface area contributed by atoms with Crippen LogP contribution in [0.15, 0.2) is 30.3 Å². The predicted octanol–water partition coefficient (Wildman–Crippen LogP) is 4.19. The Balaban J connectivity index is 2.53. The van der Waals surface area contributed by atoms with Gasteiger partial charge in [-0.15, -0.1) is 0 Å². The molecule has 0 bridgehead atoms. The van der Waals surface area contributed by atoms with Gasteiger partial charge in [0.1, 0.15) is 0 Å². The van der Waals surface area contributed by atoms with Gasteiger partial charge in [-0.05, 0) is 51.6 Å². The molecule has 2 nitrogen and oxygen atoms in total. The van der Waals surface area contributed by atoms with Crippen molar-refractivity contribution in [3.05, 3.63) is 35.9 Å². The minimum absolute atomic E-state index is 0.0541. The van der Waals surface area contributed by atoms with Gasteiger partial charge in [0.05, 0.1) is 5.60 Å². The Morgan fingerprint density at radius 3 is 2.40 bits per heavy atom. The molecule has 2 atom stereocenters. The third kappa shape index (κ3) is 5.26. The molecular formula is C18H31NO. The number of ether oxygens (including phenoxy) is 1. The molecule has 0 aliphatic heterocycles. The van der Waals surface area contributed by atoms with Crippen LogP contribution in [0, 0.1) is 0 Å². The summed E-state index contributed by atoms with van der Waals surface area (Å²) in [5.41, 5.74) is 1.37. The third-order valence-electron chi connectivity index (χ3n) is 4.16. The quantitative estimate of drug-likeness (QED) is 0.692. The largest absolute Gasteiger partial charge is 0.374 e. The van der Waals surface area contributed by atoms with Crippen molar-refractivity contribution in [2.24, 2.45) is 0 Å². The molecular weight excluding hydrogens is 246 g/mol. The Bertz CT molecular complexity index is 352. The lowest BCUT2D eigenvalue weighted by Gasteiger charge is -2.37. The molecule has 1 rings (SSSR count). The Kier molecular flexibility index (Phi) is 7.86. The summed E-state index contributed by atoms with van der Waals surface area (Å²) in [6.07, 6.45) is 4.55. The molecule has 0 amide bonds. The first-order chi connectivity index (χ1) is 9.66. The number of rotatable bonds is 10. The van der Waals surface area contributed by atoms with Crippen molar-refractivity contribution >= 4 is 0 Å². The SMILES string of the molecule is CCNC(CCCc1ccccc1)C(C)(CC)OCC. The van der Waals surface area contributed by atoms with Crippen LogP contribution < -0.4 is 5.32 Å². The monoisotopic (exact) mass is 277 g/mol. The van der Waals surface area contributed by atoms with Crippen molar-refractivity contribution in [2.45, 2.75) is 65.0 Å². The van der Waals surface area contributed by atoms with Gasteiger partial charge in [0.25, 0.3) is 0 Å². The van der Waals surface area contributed by atoms with Crippen LogP contribution in [0.2, 0.25) is 0 Å². The van der Waals surface area contributed by atoms with Gasteiger partial charge in [0, 0.05) is 12.6 Å². The lowest BCUT2D eigenvalue weighted by Crippen LogP contribution is -2.50. The van der Waals surface area contributed by atoms with Gasteiger partial charge in [0.2, 0.25) is 0 Å². The number of hydrogen-bond acceptors (Lipinski definition) is 2. The molecule has 0 radical (unpaired) electrons. The van der Waals surface area contributed by atoms with Crippen LogP contribution in [0.4, 0.5) is 0 Å². The van der Waals surface area contributed by atoms with Crippen LogP contribution in [0.25, 0.3) is 0 Å². The average molecular weight is 277 g/mol. The van der Waals surface area contributed by atoms with E-state index < -0.39 is 0 Å². The summed E-state index contributed by atoms with van der Waals surface area (Å²) < 4.78 is 6.03. The number of hydrogen-bond donors (Lipinski definition) is 1. The summed E-state index contributed by atoms with van der Waals surface area (Å²) in [6, 6.07) is 11.2. The highest BCUT2D eigenvalue weighted by Gasteiger charge is 2.32. The Morgan fingerprint density at radius 2 is 1.85 bits per heavy atom. The van der Waals surface area contributed by atoms with E-state index in [1.807, 2.05) is 0 Å². The first-order valence-electron chi connectivity index (χ1n) is 8.07. The Hall–Kier alpha value is -0.860. The molecule has 114 valence electrons. The van der Waals surface area contributed by atoms with Gasteiger partial charge in [-0.2, -0.15) is 0 Å². The Labute approximate surface area is 124 Å². The zero-order valence-corrected chi connectivity index (χ0v) is 13.6. The number of nitrogens with one attached hydrogen (secondary N) is 1. The van der Waals surface area contributed by atoms with Crippen molar-refractivity contribution in [1.82, 2.24) is 5.32 Å². The van der Waals surface area contributed by atoms with Crippen LogP contribution in [-0.2, 0) is 11.2 Å². The molecule has 20 heavy (non-hydrogen) atoms. The second-order valence-electron chi connectivity index (χ2n) is 5.59. The molecule has 0 saturated heterocycles. The first-order valence-corrected chi connectivity index (χ1v) is 8.07. The lowest BCUT2D eigenvalue weighted by molar-refractivity contribution is -0.0569. The normalized spacial score (nSPS) is 15.8. The maximum absolute atomic E-state index is 6.03. The van der Waals surface area contributed by atoms with Crippen LogP contribution >= 0.6 is 0 Å². The second-order valence-corrected chi connectivity index (χ2v) is 5.59. The molecule has 0 aliphatic carbocycles. The van der Waals surface area contributed by atoms with Gasteiger partial charge in [0.15, 0.2) is 0 Å². The summed E-state index contributed by atoms with van der Waals surface area (Å²) in [5, 5.41) is 3.62. The third-order valence-corrected chi connectivity index (χ3v) is 4.16. The van der Waals surface area contributed by atoms with Gasteiger partial charge in [-0.1, -0.05) is 44.2 Å². The predicted molar refractivity (Wildman–Crippen MR) is 87.2 cm³/mol. The molecule has 1 aromatic carbocycles. The average Bonchev–Trinajstić information content (AvgIpc) is 2.47. The standard InChI is InChI=1S/C18H31NO/c1-5-18(4,20-7-3)17(19-6-2)15-11-14-16-12-9-8-10-13-16/h8-10,12-13,17,19H,5-7,11,14-15H2,1-4H3. The molecule has 2 heteroatoms. The van der Waals surface area contributed by atoms with Crippen LogP contribution in [0.3, 0.4) is 0 Å². The van der Waals surface area contributed by atoms with E-state index in [0.29, 0.717) is 6.04 Å². The highest BCUT2D eigenvalue weighted by Crippen LogP contribution is 2.24. The topological polar surface area (TPSA) is 21.3 Å². The highest BCUT2D eigenvalue weighted by atomic mass is 16.5. The zero-order chi connectivity index (χ0) is 14.8. The maximum atomic E-state index is 6.03. The number of benzene rings is 1. The molecule has 2 unspecified atom stereocenters. The summed E-state index contributed by atoms with van der Waals surface area (Å²) in [6.45, 7) is 10.5. The summed E-state index contributed by atoms with van der Waals surface area (Å²) in [4.78, 5) is 0. The van der Waals surface area contributed by atoms with Crippen molar-refractivity contribution in [2.75, 3.05) is 13.2 Å². The van der Waals surface area contributed by atoms with Crippen LogP contribution in [-0.4, -0.2) is 24.8 Å². The fraction of sp³-hybridized carbons (Fsp3) is 0.667. The molecule has 0 aliphatic rings. The molecule has 1 aromatic rings. The first kappa shape index (κ1) is 17.2. The van der Waals surface area contributed by atoms with Gasteiger partial charge < -0.3 is 10.1 Å². The number of aryl methyl sites for hydroxylation is 1. The van der Waals surface area contributed by atoms with Gasteiger partial charge >= 0.3 is 0 Å². The van der Waals surface area contributed by atoms with E-state index >= 15 is 0 Å². The smallest absolute Gasteiger partial charge is 0.0803 e.